The SMILES string of the molecule is O=[N+]([O-])c1ccc(NC2CCN(C3CCCCC3O)CC2)cc1OC(F)F. The smallest absolute Gasteiger partial charge is 0.387 e. The van der Waals surface area contributed by atoms with Gasteiger partial charge in [0.1, 0.15) is 0 Å². The Hall–Kier alpha value is -2.00. The third-order valence-electron chi connectivity index (χ3n) is 5.44. The molecule has 27 heavy (non-hydrogen) atoms. The zero-order chi connectivity index (χ0) is 19.4. The van der Waals surface area contributed by atoms with Crippen LogP contribution in [0, 0.1) is 10.1 Å². The number of nitro groups is 1. The molecule has 2 N–H and O–H groups in total. The van der Waals surface area contributed by atoms with Crippen molar-refractivity contribution in [3.05, 3.63) is 28.3 Å². The Labute approximate surface area is 156 Å². The standard InChI is InChI=1S/C18H25F2N3O4/c19-18(20)27-17-11-13(5-6-15(17)23(25)26)21-12-7-9-22(10-8-12)14-3-1-2-4-16(14)24/h5-6,11-12,14,16,18,21,24H,1-4,7-10H2. The third-order valence-corrected chi connectivity index (χ3v) is 5.44. The summed E-state index contributed by atoms with van der Waals surface area (Å²) in [4.78, 5) is 12.5. The van der Waals surface area contributed by atoms with Crippen LogP contribution in [0.2, 0.25) is 0 Å². The van der Waals surface area contributed by atoms with Gasteiger partial charge in [-0.15, -0.1) is 0 Å². The molecule has 1 aliphatic heterocycles. The average Bonchev–Trinajstić information content (AvgIpc) is 2.62. The van der Waals surface area contributed by atoms with Gasteiger partial charge in [0.2, 0.25) is 5.75 Å². The fourth-order valence-corrected chi connectivity index (χ4v) is 4.07. The number of nitrogens with zero attached hydrogens (tertiary/aromatic N) is 2. The minimum absolute atomic E-state index is 0.142. The number of nitrogens with one attached hydrogen (secondary N) is 1. The second kappa shape index (κ2) is 8.79. The molecule has 0 aromatic heterocycles. The van der Waals surface area contributed by atoms with Crippen LogP contribution in [0.15, 0.2) is 18.2 Å². The van der Waals surface area contributed by atoms with E-state index in [9.17, 15) is 24.0 Å². The zero-order valence-electron chi connectivity index (χ0n) is 15.0. The molecule has 0 bridgehead atoms. The summed E-state index contributed by atoms with van der Waals surface area (Å²) in [6.45, 7) is -1.41. The van der Waals surface area contributed by atoms with Gasteiger partial charge in [0, 0.05) is 43.0 Å². The highest BCUT2D eigenvalue weighted by molar-refractivity contribution is 5.58. The Morgan fingerprint density at radius 2 is 1.93 bits per heavy atom. The Balaban J connectivity index is 1.59. The molecule has 1 heterocycles. The fourth-order valence-electron chi connectivity index (χ4n) is 4.07. The maximum atomic E-state index is 12.5. The second-order valence-corrected chi connectivity index (χ2v) is 7.19. The van der Waals surface area contributed by atoms with Gasteiger partial charge < -0.3 is 15.2 Å². The Morgan fingerprint density at radius 1 is 1.22 bits per heavy atom. The van der Waals surface area contributed by atoms with Gasteiger partial charge >= 0.3 is 12.3 Å². The molecule has 0 spiro atoms. The first kappa shape index (κ1) is 19.8. The minimum atomic E-state index is -3.12. The molecule has 2 fully saturated rings. The van der Waals surface area contributed by atoms with Crippen molar-refractivity contribution in [3.8, 4) is 5.75 Å². The molecule has 7 nitrogen and oxygen atoms in total. The van der Waals surface area contributed by atoms with Gasteiger partial charge in [-0.05, 0) is 31.7 Å². The van der Waals surface area contributed by atoms with E-state index >= 15 is 0 Å². The molecule has 9 heteroatoms. The fraction of sp³-hybridized carbons (Fsp3) is 0.667. The second-order valence-electron chi connectivity index (χ2n) is 7.19. The summed E-state index contributed by atoms with van der Waals surface area (Å²) >= 11 is 0. The molecule has 2 atom stereocenters. The van der Waals surface area contributed by atoms with Gasteiger partial charge in [0.05, 0.1) is 11.0 Å². The van der Waals surface area contributed by atoms with Gasteiger partial charge in [0.25, 0.3) is 0 Å². The van der Waals surface area contributed by atoms with E-state index in [1.165, 1.54) is 18.2 Å². The first-order valence-corrected chi connectivity index (χ1v) is 9.36. The summed E-state index contributed by atoms with van der Waals surface area (Å²) in [5, 5.41) is 24.4. The molecule has 1 aromatic carbocycles. The zero-order valence-corrected chi connectivity index (χ0v) is 15.0. The molecule has 3 rings (SSSR count). The van der Waals surface area contributed by atoms with Crippen LogP contribution in [0.5, 0.6) is 5.75 Å². The summed E-state index contributed by atoms with van der Waals surface area (Å²) in [6.07, 6.45) is 5.56. The summed E-state index contributed by atoms with van der Waals surface area (Å²) in [5.74, 6) is -0.442. The van der Waals surface area contributed by atoms with Crippen molar-refractivity contribution in [2.45, 2.75) is 63.3 Å². The molecular formula is C18H25F2N3O4. The first-order valence-electron chi connectivity index (χ1n) is 9.36. The number of likely N-dealkylation sites (tertiary alicyclic amines) is 1. The number of alkyl halides is 2. The summed E-state index contributed by atoms with van der Waals surface area (Å²) < 4.78 is 29.3. The van der Waals surface area contributed by atoms with Crippen molar-refractivity contribution in [2.75, 3.05) is 18.4 Å². The molecule has 1 aromatic rings. The van der Waals surface area contributed by atoms with Crippen molar-refractivity contribution < 1.29 is 23.5 Å². The molecule has 2 unspecified atom stereocenters. The van der Waals surface area contributed by atoms with Gasteiger partial charge in [-0.1, -0.05) is 12.8 Å². The van der Waals surface area contributed by atoms with Crippen LogP contribution in [0.3, 0.4) is 0 Å². The van der Waals surface area contributed by atoms with Crippen molar-refractivity contribution >= 4 is 11.4 Å². The molecule has 1 saturated carbocycles. The Kier molecular flexibility index (Phi) is 6.43. The molecule has 0 amide bonds. The lowest BCUT2D eigenvalue weighted by atomic mass is 9.89. The lowest BCUT2D eigenvalue weighted by Crippen LogP contribution is -2.50. The number of halogens is 2. The van der Waals surface area contributed by atoms with Gasteiger partial charge in [-0.25, -0.2) is 0 Å². The molecule has 2 aliphatic rings. The van der Waals surface area contributed by atoms with Gasteiger partial charge in [-0.3, -0.25) is 15.0 Å². The van der Waals surface area contributed by atoms with E-state index in [2.05, 4.69) is 15.0 Å². The predicted molar refractivity (Wildman–Crippen MR) is 96.2 cm³/mol. The summed E-state index contributed by atoms with van der Waals surface area (Å²) in [6, 6.07) is 4.30. The van der Waals surface area contributed by atoms with Crippen LogP contribution >= 0.6 is 0 Å². The van der Waals surface area contributed by atoms with Gasteiger partial charge in [-0.2, -0.15) is 8.78 Å². The average molecular weight is 385 g/mol. The number of hydrogen-bond donors (Lipinski definition) is 2. The van der Waals surface area contributed by atoms with E-state index in [-0.39, 0.29) is 18.2 Å². The van der Waals surface area contributed by atoms with E-state index in [0.717, 1.165) is 51.6 Å². The number of anilines is 1. The van der Waals surface area contributed by atoms with E-state index in [1.807, 2.05) is 0 Å². The Morgan fingerprint density at radius 3 is 2.56 bits per heavy atom. The summed E-state index contributed by atoms with van der Waals surface area (Å²) in [5.41, 5.74) is 0.0364. The van der Waals surface area contributed by atoms with Crippen molar-refractivity contribution in [3.63, 3.8) is 0 Å². The van der Waals surface area contributed by atoms with Crippen LogP contribution in [0.25, 0.3) is 0 Å². The number of rotatable bonds is 6. The van der Waals surface area contributed by atoms with Gasteiger partial charge in [0.15, 0.2) is 0 Å². The molecule has 0 radical (unpaired) electrons. The topological polar surface area (TPSA) is 87.9 Å². The monoisotopic (exact) mass is 385 g/mol. The highest BCUT2D eigenvalue weighted by atomic mass is 19.3. The van der Waals surface area contributed by atoms with Crippen molar-refractivity contribution in [2.24, 2.45) is 0 Å². The lowest BCUT2D eigenvalue weighted by molar-refractivity contribution is -0.386. The number of aliphatic hydroxyl groups excluding tert-OH is 1. The molecule has 150 valence electrons. The van der Waals surface area contributed by atoms with Crippen LogP contribution in [0.1, 0.15) is 38.5 Å². The highest BCUT2D eigenvalue weighted by Gasteiger charge is 2.31. The number of aliphatic hydroxyl groups is 1. The quantitative estimate of drug-likeness (QED) is 0.577. The maximum absolute atomic E-state index is 12.5. The highest BCUT2D eigenvalue weighted by Crippen LogP contribution is 2.32. The van der Waals surface area contributed by atoms with Crippen LogP contribution in [0.4, 0.5) is 20.2 Å². The molecule has 1 saturated heterocycles. The van der Waals surface area contributed by atoms with Crippen LogP contribution in [-0.4, -0.2) is 52.8 Å². The third kappa shape index (κ3) is 5.04. The summed E-state index contributed by atoms with van der Waals surface area (Å²) in [7, 11) is 0. The largest absolute Gasteiger partial charge is 0.427 e. The number of nitro benzene ring substituents is 1. The van der Waals surface area contributed by atoms with E-state index < -0.39 is 23.0 Å². The molecular weight excluding hydrogens is 360 g/mol. The number of ether oxygens (including phenoxy) is 1. The normalized spacial score (nSPS) is 24.7. The minimum Gasteiger partial charge on any atom is -0.427 e. The van der Waals surface area contributed by atoms with Crippen molar-refractivity contribution in [1.29, 1.82) is 0 Å². The first-order chi connectivity index (χ1) is 12.9. The Bertz CT molecular complexity index is 653. The number of benzene rings is 1. The van der Waals surface area contributed by atoms with E-state index in [1.54, 1.807) is 0 Å². The lowest BCUT2D eigenvalue weighted by Gasteiger charge is -2.41. The maximum Gasteiger partial charge on any atom is 0.387 e. The number of piperidine rings is 1. The van der Waals surface area contributed by atoms with E-state index in [4.69, 9.17) is 0 Å². The van der Waals surface area contributed by atoms with E-state index in [0.29, 0.717) is 5.69 Å². The number of hydrogen-bond acceptors (Lipinski definition) is 6. The van der Waals surface area contributed by atoms with Crippen LogP contribution < -0.4 is 10.1 Å². The molecule has 1 aliphatic carbocycles. The van der Waals surface area contributed by atoms with Crippen LogP contribution in [-0.2, 0) is 0 Å². The predicted octanol–water partition coefficient (Wildman–Crippen LogP) is 3.38. The van der Waals surface area contributed by atoms with Crippen molar-refractivity contribution in [1.82, 2.24) is 4.90 Å².